The van der Waals surface area contributed by atoms with E-state index in [9.17, 15) is 4.79 Å². The van der Waals surface area contributed by atoms with E-state index in [0.29, 0.717) is 25.6 Å². The molecule has 2 fully saturated rings. The summed E-state index contributed by atoms with van der Waals surface area (Å²) in [5.41, 5.74) is 1.03. The average molecular weight is 331 g/mol. The standard InChI is InChI=1S/C17H25N5O2/c1-13(2)15-14(4-11-24-15)12-20-17(23)22-9-7-21(8-10-22)16-18-5-3-6-19-16/h3,5-6,14-15H,1,4,7-12H2,2H3,(H,20,23). The second-order valence-electron chi connectivity index (χ2n) is 6.40. The maximum absolute atomic E-state index is 12.4. The van der Waals surface area contributed by atoms with Gasteiger partial charge in [0.15, 0.2) is 0 Å². The highest BCUT2D eigenvalue weighted by molar-refractivity contribution is 5.74. The van der Waals surface area contributed by atoms with Crippen LogP contribution in [0.25, 0.3) is 0 Å². The number of carbonyl (C=O) groups excluding carboxylic acids is 1. The molecule has 7 heteroatoms. The molecular weight excluding hydrogens is 306 g/mol. The van der Waals surface area contributed by atoms with Crippen LogP contribution in [0.15, 0.2) is 30.6 Å². The van der Waals surface area contributed by atoms with Crippen molar-refractivity contribution in [1.82, 2.24) is 20.2 Å². The Bertz CT molecular complexity index is 572. The van der Waals surface area contributed by atoms with Crippen molar-refractivity contribution in [2.24, 2.45) is 5.92 Å². The number of nitrogens with one attached hydrogen (secondary N) is 1. The Balaban J connectivity index is 1.45. The Morgan fingerprint density at radius 3 is 2.71 bits per heavy atom. The lowest BCUT2D eigenvalue weighted by Crippen LogP contribution is -2.53. The van der Waals surface area contributed by atoms with E-state index in [0.717, 1.165) is 37.6 Å². The number of ether oxygens (including phenoxy) is 1. The lowest BCUT2D eigenvalue weighted by atomic mass is 9.97. The van der Waals surface area contributed by atoms with Crippen LogP contribution in [-0.2, 0) is 4.74 Å². The number of rotatable bonds is 4. The molecule has 1 aromatic rings. The molecule has 2 amide bonds. The summed E-state index contributed by atoms with van der Waals surface area (Å²) in [7, 11) is 0. The van der Waals surface area contributed by atoms with E-state index in [2.05, 4.69) is 26.8 Å². The van der Waals surface area contributed by atoms with Gasteiger partial charge in [-0.25, -0.2) is 14.8 Å². The molecule has 0 aliphatic carbocycles. The van der Waals surface area contributed by atoms with E-state index in [1.54, 1.807) is 18.5 Å². The number of hydrogen-bond acceptors (Lipinski definition) is 5. The highest BCUT2D eigenvalue weighted by Crippen LogP contribution is 2.25. The highest BCUT2D eigenvalue weighted by atomic mass is 16.5. The van der Waals surface area contributed by atoms with Crippen LogP contribution in [0.1, 0.15) is 13.3 Å². The van der Waals surface area contributed by atoms with E-state index in [-0.39, 0.29) is 12.1 Å². The van der Waals surface area contributed by atoms with Gasteiger partial charge in [-0.1, -0.05) is 12.2 Å². The number of anilines is 1. The molecule has 2 aliphatic heterocycles. The van der Waals surface area contributed by atoms with Crippen molar-refractivity contribution in [2.45, 2.75) is 19.4 Å². The molecule has 2 atom stereocenters. The summed E-state index contributed by atoms with van der Waals surface area (Å²) in [6, 6.07) is 1.80. The maximum Gasteiger partial charge on any atom is 0.317 e. The van der Waals surface area contributed by atoms with Crippen LogP contribution < -0.4 is 10.2 Å². The van der Waals surface area contributed by atoms with Crippen molar-refractivity contribution < 1.29 is 9.53 Å². The summed E-state index contributed by atoms with van der Waals surface area (Å²) < 4.78 is 5.68. The van der Waals surface area contributed by atoms with Gasteiger partial charge in [0.05, 0.1) is 6.10 Å². The molecule has 3 rings (SSSR count). The first kappa shape index (κ1) is 16.7. The number of hydrogen-bond donors (Lipinski definition) is 1. The zero-order valence-corrected chi connectivity index (χ0v) is 14.1. The highest BCUT2D eigenvalue weighted by Gasteiger charge is 2.30. The van der Waals surface area contributed by atoms with Crippen molar-refractivity contribution in [3.63, 3.8) is 0 Å². The monoisotopic (exact) mass is 331 g/mol. The Kier molecular flexibility index (Phi) is 5.30. The molecule has 130 valence electrons. The first-order valence-electron chi connectivity index (χ1n) is 8.47. The minimum atomic E-state index is -0.00371. The van der Waals surface area contributed by atoms with Gasteiger partial charge in [0, 0.05) is 57.6 Å². The number of piperazine rings is 1. The summed E-state index contributed by atoms with van der Waals surface area (Å²) in [5.74, 6) is 1.05. The summed E-state index contributed by atoms with van der Waals surface area (Å²) >= 11 is 0. The van der Waals surface area contributed by atoms with Gasteiger partial charge in [-0.2, -0.15) is 0 Å². The quantitative estimate of drug-likeness (QED) is 0.842. The lowest BCUT2D eigenvalue weighted by molar-refractivity contribution is 0.118. The fraction of sp³-hybridized carbons (Fsp3) is 0.588. The van der Waals surface area contributed by atoms with Gasteiger partial charge in [0.25, 0.3) is 0 Å². The second kappa shape index (κ2) is 7.61. The molecule has 0 saturated carbocycles. The third-order valence-corrected chi connectivity index (χ3v) is 4.62. The first-order chi connectivity index (χ1) is 11.6. The lowest BCUT2D eigenvalue weighted by Gasteiger charge is -2.34. The number of carbonyl (C=O) groups is 1. The zero-order chi connectivity index (χ0) is 16.9. The van der Waals surface area contributed by atoms with Crippen molar-refractivity contribution in [2.75, 3.05) is 44.2 Å². The second-order valence-corrected chi connectivity index (χ2v) is 6.40. The van der Waals surface area contributed by atoms with Gasteiger partial charge in [-0.15, -0.1) is 0 Å². The number of aromatic nitrogens is 2. The Morgan fingerprint density at radius 2 is 2.04 bits per heavy atom. The molecule has 3 heterocycles. The van der Waals surface area contributed by atoms with Gasteiger partial charge in [-0.05, 0) is 19.4 Å². The topological polar surface area (TPSA) is 70.6 Å². The maximum atomic E-state index is 12.4. The summed E-state index contributed by atoms with van der Waals surface area (Å²) in [4.78, 5) is 24.9. The molecule has 24 heavy (non-hydrogen) atoms. The third kappa shape index (κ3) is 3.84. The Labute approximate surface area is 142 Å². The molecule has 0 spiro atoms. The van der Waals surface area contributed by atoms with Crippen LogP contribution in [0.5, 0.6) is 0 Å². The molecule has 0 aromatic carbocycles. The van der Waals surface area contributed by atoms with Crippen molar-refractivity contribution in [3.05, 3.63) is 30.6 Å². The van der Waals surface area contributed by atoms with E-state index < -0.39 is 0 Å². The molecule has 0 radical (unpaired) electrons. The number of amides is 2. The van der Waals surface area contributed by atoms with Gasteiger partial charge < -0.3 is 19.9 Å². The summed E-state index contributed by atoms with van der Waals surface area (Å²) in [6.45, 7) is 10.2. The fourth-order valence-corrected chi connectivity index (χ4v) is 3.28. The Hall–Kier alpha value is -2.15. The summed E-state index contributed by atoms with van der Waals surface area (Å²) in [6.07, 6.45) is 4.51. The van der Waals surface area contributed by atoms with Crippen LogP contribution >= 0.6 is 0 Å². The molecule has 0 bridgehead atoms. The van der Waals surface area contributed by atoms with Crippen LogP contribution in [0, 0.1) is 5.92 Å². The van der Waals surface area contributed by atoms with Gasteiger partial charge in [0.2, 0.25) is 5.95 Å². The molecule has 1 aromatic heterocycles. The molecule has 1 N–H and O–H groups in total. The number of nitrogens with zero attached hydrogens (tertiary/aromatic N) is 4. The van der Waals surface area contributed by atoms with E-state index in [4.69, 9.17) is 4.74 Å². The molecular formula is C17H25N5O2. The van der Waals surface area contributed by atoms with Crippen molar-refractivity contribution in [1.29, 1.82) is 0 Å². The molecule has 2 aliphatic rings. The van der Waals surface area contributed by atoms with Crippen LogP contribution in [0.2, 0.25) is 0 Å². The first-order valence-corrected chi connectivity index (χ1v) is 8.47. The normalized spacial score (nSPS) is 24.0. The van der Waals surface area contributed by atoms with Crippen molar-refractivity contribution in [3.8, 4) is 0 Å². The number of urea groups is 1. The Morgan fingerprint density at radius 1 is 1.33 bits per heavy atom. The van der Waals surface area contributed by atoms with E-state index in [1.165, 1.54) is 0 Å². The summed E-state index contributed by atoms with van der Waals surface area (Å²) in [5, 5.41) is 3.05. The fourth-order valence-electron chi connectivity index (χ4n) is 3.28. The average Bonchev–Trinajstić information content (AvgIpc) is 3.09. The van der Waals surface area contributed by atoms with Crippen LogP contribution in [-0.4, -0.2) is 66.3 Å². The minimum absolute atomic E-state index is 0.00371. The minimum Gasteiger partial charge on any atom is -0.374 e. The smallest absolute Gasteiger partial charge is 0.317 e. The van der Waals surface area contributed by atoms with Gasteiger partial charge >= 0.3 is 6.03 Å². The van der Waals surface area contributed by atoms with Gasteiger partial charge in [0.1, 0.15) is 0 Å². The predicted octanol–water partition coefficient (Wildman–Crippen LogP) is 1.29. The third-order valence-electron chi connectivity index (χ3n) is 4.62. The largest absolute Gasteiger partial charge is 0.374 e. The predicted molar refractivity (Wildman–Crippen MR) is 91.9 cm³/mol. The van der Waals surface area contributed by atoms with Gasteiger partial charge in [-0.3, -0.25) is 0 Å². The molecule has 7 nitrogen and oxygen atoms in total. The molecule has 2 saturated heterocycles. The van der Waals surface area contributed by atoms with E-state index in [1.807, 2.05) is 11.8 Å². The SMILES string of the molecule is C=C(C)C1OCCC1CNC(=O)N1CCN(c2ncccn2)CC1. The van der Waals surface area contributed by atoms with Crippen LogP contribution in [0.4, 0.5) is 10.7 Å². The van der Waals surface area contributed by atoms with Crippen LogP contribution in [0.3, 0.4) is 0 Å². The molecule has 2 unspecified atom stereocenters. The van der Waals surface area contributed by atoms with Crippen molar-refractivity contribution >= 4 is 12.0 Å². The van der Waals surface area contributed by atoms with E-state index >= 15 is 0 Å². The zero-order valence-electron chi connectivity index (χ0n) is 14.1.